The van der Waals surface area contributed by atoms with Crippen LogP contribution in [0, 0.1) is 0 Å². The summed E-state index contributed by atoms with van der Waals surface area (Å²) < 4.78 is 1.70. The Bertz CT molecular complexity index is 341. The predicted molar refractivity (Wildman–Crippen MR) is 48.7 cm³/mol. The molecule has 4 heteroatoms. The number of aromatic nitrogens is 2. The summed E-state index contributed by atoms with van der Waals surface area (Å²) in [5, 5.41) is 0.619. The number of hydrogen-bond acceptors (Lipinski definition) is 2. The van der Waals surface area contributed by atoms with E-state index in [1.165, 1.54) is 0 Å². The van der Waals surface area contributed by atoms with E-state index in [-0.39, 0.29) is 0 Å². The summed E-state index contributed by atoms with van der Waals surface area (Å²) in [7, 11) is 1.64. The maximum absolute atomic E-state index is 6.01. The first-order valence-electron chi connectivity index (χ1n) is 4.37. The zero-order chi connectivity index (χ0) is 9.42. The van der Waals surface area contributed by atoms with Gasteiger partial charge in [0, 0.05) is 6.42 Å². The van der Waals surface area contributed by atoms with Crippen LogP contribution < -0.4 is 9.57 Å². The first-order valence-corrected chi connectivity index (χ1v) is 4.75. The van der Waals surface area contributed by atoms with Crippen LogP contribution in [-0.4, -0.2) is 12.1 Å². The summed E-state index contributed by atoms with van der Waals surface area (Å²) in [5.74, 6) is 0.498. The minimum absolute atomic E-state index is 0.498. The van der Waals surface area contributed by atoms with Gasteiger partial charge in [-0.25, -0.2) is 0 Å². The van der Waals surface area contributed by atoms with E-state index in [0.29, 0.717) is 11.1 Å². The van der Waals surface area contributed by atoms with Crippen LogP contribution in [0.1, 0.15) is 30.5 Å². The first kappa shape index (κ1) is 8.75. The van der Waals surface area contributed by atoms with Gasteiger partial charge in [0.15, 0.2) is 5.69 Å². The van der Waals surface area contributed by atoms with E-state index in [0.717, 1.165) is 24.1 Å². The van der Waals surface area contributed by atoms with Crippen LogP contribution in [0.3, 0.4) is 0 Å². The van der Waals surface area contributed by atoms with Gasteiger partial charge in [-0.1, -0.05) is 6.92 Å². The Balaban J connectivity index is 2.59. The molecule has 0 unspecified atom stereocenters. The first-order chi connectivity index (χ1) is 6.24. The molecule has 0 spiro atoms. The molecule has 1 atom stereocenters. The SMILES string of the molecule is CO[n+]1cnc(Cl)c2c1CC[C@H]2C. The highest BCUT2D eigenvalue weighted by molar-refractivity contribution is 6.30. The van der Waals surface area contributed by atoms with Gasteiger partial charge in [0.25, 0.3) is 0 Å². The zero-order valence-electron chi connectivity index (χ0n) is 7.75. The number of halogens is 1. The highest BCUT2D eigenvalue weighted by Gasteiger charge is 2.30. The van der Waals surface area contributed by atoms with Crippen molar-refractivity contribution in [3.63, 3.8) is 0 Å². The van der Waals surface area contributed by atoms with E-state index < -0.39 is 0 Å². The normalized spacial score (nSPS) is 20.1. The molecule has 1 aromatic heterocycles. The van der Waals surface area contributed by atoms with E-state index in [1.54, 1.807) is 18.2 Å². The smallest absolute Gasteiger partial charge is 0.327 e. The molecule has 1 heterocycles. The van der Waals surface area contributed by atoms with E-state index in [9.17, 15) is 0 Å². The molecule has 0 aliphatic heterocycles. The molecule has 70 valence electrons. The monoisotopic (exact) mass is 199 g/mol. The lowest BCUT2D eigenvalue weighted by molar-refractivity contribution is -0.892. The fourth-order valence-electron chi connectivity index (χ4n) is 1.87. The number of hydrogen-bond donors (Lipinski definition) is 0. The van der Waals surface area contributed by atoms with Crippen LogP contribution in [0.25, 0.3) is 0 Å². The van der Waals surface area contributed by atoms with E-state index in [2.05, 4.69) is 11.9 Å². The summed E-state index contributed by atoms with van der Waals surface area (Å²) in [6.45, 7) is 2.17. The fourth-order valence-corrected chi connectivity index (χ4v) is 2.21. The van der Waals surface area contributed by atoms with Gasteiger partial charge in [0.2, 0.25) is 5.15 Å². The largest absolute Gasteiger partial charge is 0.339 e. The van der Waals surface area contributed by atoms with Gasteiger partial charge in [-0.15, -0.1) is 0 Å². The molecule has 0 amide bonds. The van der Waals surface area contributed by atoms with Gasteiger partial charge in [-0.3, -0.25) is 0 Å². The molecule has 0 radical (unpaired) electrons. The molecule has 1 aromatic rings. The van der Waals surface area contributed by atoms with E-state index in [4.69, 9.17) is 16.4 Å². The van der Waals surface area contributed by atoms with Crippen molar-refractivity contribution in [2.75, 3.05) is 7.11 Å². The maximum atomic E-state index is 6.01. The van der Waals surface area contributed by atoms with Crippen molar-refractivity contribution in [2.24, 2.45) is 0 Å². The van der Waals surface area contributed by atoms with Gasteiger partial charge in [-0.05, 0) is 33.7 Å². The summed E-state index contributed by atoms with van der Waals surface area (Å²) in [5.41, 5.74) is 2.31. The van der Waals surface area contributed by atoms with Crippen LogP contribution in [0.5, 0.6) is 0 Å². The summed E-state index contributed by atoms with van der Waals surface area (Å²) in [4.78, 5) is 9.23. The molecule has 0 bridgehead atoms. The Morgan fingerprint density at radius 1 is 1.69 bits per heavy atom. The number of fused-ring (bicyclic) bond motifs is 1. The van der Waals surface area contributed by atoms with E-state index >= 15 is 0 Å². The molecular formula is C9H12ClN2O+. The van der Waals surface area contributed by atoms with Crippen LogP contribution >= 0.6 is 11.6 Å². The molecule has 2 rings (SSSR count). The number of nitrogens with zero attached hydrogens (tertiary/aromatic N) is 2. The van der Waals surface area contributed by atoms with Crippen LogP contribution in [0.4, 0.5) is 0 Å². The Morgan fingerprint density at radius 2 is 2.46 bits per heavy atom. The summed E-state index contributed by atoms with van der Waals surface area (Å²) >= 11 is 6.01. The molecule has 0 saturated carbocycles. The van der Waals surface area contributed by atoms with Crippen molar-refractivity contribution < 1.29 is 9.57 Å². The lowest BCUT2D eigenvalue weighted by atomic mass is 10.1. The Morgan fingerprint density at radius 3 is 3.15 bits per heavy atom. The second kappa shape index (κ2) is 3.14. The Labute approximate surface area is 82.3 Å². The minimum Gasteiger partial charge on any atom is -0.339 e. The van der Waals surface area contributed by atoms with Crippen molar-refractivity contribution in [1.82, 2.24) is 4.98 Å². The fraction of sp³-hybridized carbons (Fsp3) is 0.556. The van der Waals surface area contributed by atoms with Gasteiger partial charge < -0.3 is 4.84 Å². The van der Waals surface area contributed by atoms with Gasteiger partial charge in [-0.2, -0.15) is 0 Å². The standard InChI is InChI=1S/C9H12ClN2O/c1-6-3-4-7-8(6)9(10)11-5-12(7)13-2/h5-6H,3-4H2,1-2H3/q+1/t6-/m1/s1. The Kier molecular flexibility index (Phi) is 2.12. The summed E-state index contributed by atoms with van der Waals surface area (Å²) in [6, 6.07) is 0. The van der Waals surface area contributed by atoms with Crippen molar-refractivity contribution in [2.45, 2.75) is 25.7 Å². The van der Waals surface area contributed by atoms with Gasteiger partial charge in [0.1, 0.15) is 7.11 Å². The summed E-state index contributed by atoms with van der Waals surface area (Å²) in [6.07, 6.45) is 3.77. The second-order valence-electron chi connectivity index (χ2n) is 3.34. The highest BCUT2D eigenvalue weighted by atomic mass is 35.5. The number of rotatable bonds is 1. The van der Waals surface area contributed by atoms with Crippen molar-refractivity contribution >= 4 is 11.6 Å². The average molecular weight is 200 g/mol. The molecule has 0 N–H and O–H groups in total. The third kappa shape index (κ3) is 1.27. The third-order valence-electron chi connectivity index (χ3n) is 2.58. The molecule has 0 aromatic carbocycles. The van der Waals surface area contributed by atoms with Crippen LogP contribution in [-0.2, 0) is 6.42 Å². The van der Waals surface area contributed by atoms with Crippen LogP contribution in [0.2, 0.25) is 5.15 Å². The molecular weight excluding hydrogens is 188 g/mol. The van der Waals surface area contributed by atoms with Crippen molar-refractivity contribution in [3.8, 4) is 0 Å². The topological polar surface area (TPSA) is 26.0 Å². The zero-order valence-corrected chi connectivity index (χ0v) is 8.51. The van der Waals surface area contributed by atoms with Crippen molar-refractivity contribution in [1.29, 1.82) is 0 Å². The second-order valence-corrected chi connectivity index (χ2v) is 3.70. The highest BCUT2D eigenvalue weighted by Crippen LogP contribution is 2.33. The quantitative estimate of drug-likeness (QED) is 0.501. The molecule has 3 nitrogen and oxygen atoms in total. The lowest BCUT2D eigenvalue weighted by Crippen LogP contribution is -2.44. The maximum Gasteiger partial charge on any atom is 0.327 e. The molecule has 1 aliphatic rings. The molecule has 1 aliphatic carbocycles. The van der Waals surface area contributed by atoms with Gasteiger partial charge >= 0.3 is 6.33 Å². The third-order valence-corrected chi connectivity index (χ3v) is 2.88. The Hall–Kier alpha value is -0.830. The average Bonchev–Trinajstić information content (AvgIpc) is 2.50. The molecule has 13 heavy (non-hydrogen) atoms. The van der Waals surface area contributed by atoms with Gasteiger partial charge in [0.05, 0.1) is 5.56 Å². The molecule has 0 fully saturated rings. The minimum atomic E-state index is 0.498. The van der Waals surface area contributed by atoms with E-state index in [1.807, 2.05) is 0 Å². The predicted octanol–water partition coefficient (Wildman–Crippen LogP) is 1.13. The lowest BCUT2D eigenvalue weighted by Gasteiger charge is -2.03. The van der Waals surface area contributed by atoms with Crippen LogP contribution in [0.15, 0.2) is 6.33 Å². The van der Waals surface area contributed by atoms with Crippen molar-refractivity contribution in [3.05, 3.63) is 22.7 Å². The molecule has 0 saturated heterocycles.